The van der Waals surface area contributed by atoms with Crippen molar-refractivity contribution < 1.29 is 28.7 Å². The Labute approximate surface area is 157 Å². The van der Waals surface area contributed by atoms with Gasteiger partial charge in [0.25, 0.3) is 0 Å². The van der Waals surface area contributed by atoms with Crippen molar-refractivity contribution in [3.8, 4) is 0 Å². The summed E-state index contributed by atoms with van der Waals surface area (Å²) < 4.78 is 9.46. The van der Waals surface area contributed by atoms with Crippen LogP contribution in [0.5, 0.6) is 0 Å². The Morgan fingerprint density at radius 3 is 2.56 bits per heavy atom. The van der Waals surface area contributed by atoms with Crippen molar-refractivity contribution in [1.82, 2.24) is 10.0 Å². The van der Waals surface area contributed by atoms with Crippen LogP contribution in [0, 0.1) is 0 Å². The lowest BCUT2D eigenvalue weighted by molar-refractivity contribution is -0.146. The number of hydrogen-bond donors (Lipinski definition) is 1. The summed E-state index contributed by atoms with van der Waals surface area (Å²) in [5.74, 6) is -1.28. The quantitative estimate of drug-likeness (QED) is 0.758. The molecule has 1 fully saturated rings. The maximum Gasteiger partial charge on any atom is 0.340 e. The molecule has 0 aromatic heterocycles. The van der Waals surface area contributed by atoms with E-state index in [1.807, 2.05) is 0 Å². The Kier molecular flexibility index (Phi) is 7.16. The number of nitrogens with zero attached hydrogens (tertiary/aromatic N) is 2. The average molecular weight is 377 g/mol. The van der Waals surface area contributed by atoms with E-state index >= 15 is 0 Å². The fourth-order valence-electron chi connectivity index (χ4n) is 2.65. The fourth-order valence-corrected chi connectivity index (χ4v) is 2.65. The number of amides is 3. The van der Waals surface area contributed by atoms with Crippen molar-refractivity contribution in [1.29, 1.82) is 0 Å². The van der Waals surface area contributed by atoms with Gasteiger partial charge >= 0.3 is 18.0 Å². The van der Waals surface area contributed by atoms with Gasteiger partial charge in [0, 0.05) is 25.2 Å². The van der Waals surface area contributed by atoms with Gasteiger partial charge in [0.2, 0.25) is 5.91 Å². The molecule has 1 aromatic carbocycles. The van der Waals surface area contributed by atoms with Crippen LogP contribution < -0.4 is 5.32 Å². The Hall–Kier alpha value is -3.10. The first kappa shape index (κ1) is 20.2. The minimum absolute atomic E-state index is 0.0329. The van der Waals surface area contributed by atoms with Gasteiger partial charge in [0.15, 0.2) is 0 Å². The fraction of sp³-hybridized carbons (Fsp3) is 0.444. The van der Waals surface area contributed by atoms with Gasteiger partial charge in [-0.15, -0.1) is 0 Å². The van der Waals surface area contributed by atoms with Crippen LogP contribution >= 0.6 is 0 Å². The monoisotopic (exact) mass is 377 g/mol. The highest BCUT2D eigenvalue weighted by Crippen LogP contribution is 2.17. The summed E-state index contributed by atoms with van der Waals surface area (Å²) >= 11 is 0. The molecule has 2 rings (SSSR count). The van der Waals surface area contributed by atoms with Gasteiger partial charge in [0.1, 0.15) is 0 Å². The number of urea groups is 1. The van der Waals surface area contributed by atoms with E-state index < -0.39 is 18.0 Å². The Balaban J connectivity index is 2.00. The molecule has 1 N–H and O–H groups in total. The van der Waals surface area contributed by atoms with Crippen molar-refractivity contribution in [2.24, 2.45) is 0 Å². The molecule has 146 valence electrons. The van der Waals surface area contributed by atoms with E-state index in [2.05, 4.69) is 10.1 Å². The zero-order chi connectivity index (χ0) is 19.8. The molecule has 0 radical (unpaired) electrons. The van der Waals surface area contributed by atoms with Crippen LogP contribution in [0.25, 0.3) is 0 Å². The van der Waals surface area contributed by atoms with Crippen molar-refractivity contribution in [3.05, 3.63) is 29.8 Å². The Morgan fingerprint density at radius 1 is 1.11 bits per heavy atom. The van der Waals surface area contributed by atoms with Gasteiger partial charge in [-0.2, -0.15) is 0 Å². The van der Waals surface area contributed by atoms with Crippen LogP contribution in [0.4, 0.5) is 10.5 Å². The zero-order valence-corrected chi connectivity index (χ0v) is 15.4. The number of nitrogens with one attached hydrogen (secondary N) is 1. The van der Waals surface area contributed by atoms with Crippen LogP contribution in [0.15, 0.2) is 24.3 Å². The highest BCUT2D eigenvalue weighted by molar-refractivity contribution is 5.94. The molecule has 0 saturated carbocycles. The molecule has 0 atom stereocenters. The third-order valence-corrected chi connectivity index (χ3v) is 3.95. The molecule has 0 bridgehead atoms. The second-order valence-corrected chi connectivity index (χ2v) is 5.80. The molecular weight excluding hydrogens is 354 g/mol. The number of rotatable bonds is 6. The average Bonchev–Trinajstić information content (AvgIpc) is 3.16. The van der Waals surface area contributed by atoms with Gasteiger partial charge in [0.05, 0.1) is 25.7 Å². The molecule has 3 amide bonds. The summed E-state index contributed by atoms with van der Waals surface area (Å²) in [6.45, 7) is 2.75. The second-order valence-electron chi connectivity index (χ2n) is 5.80. The highest BCUT2D eigenvalue weighted by atomic mass is 16.5. The molecule has 1 aliphatic rings. The number of benzene rings is 1. The van der Waals surface area contributed by atoms with Crippen LogP contribution in [0.1, 0.15) is 36.5 Å². The summed E-state index contributed by atoms with van der Waals surface area (Å²) in [6, 6.07) is 5.88. The second kappa shape index (κ2) is 9.56. The van der Waals surface area contributed by atoms with E-state index in [0.717, 1.165) is 0 Å². The molecule has 0 unspecified atom stereocenters. The first-order chi connectivity index (χ1) is 13.0. The number of hydrazine groups is 1. The number of ether oxygens (including phenoxy) is 2. The van der Waals surface area contributed by atoms with Gasteiger partial charge in [-0.25, -0.2) is 14.6 Å². The van der Waals surface area contributed by atoms with Crippen molar-refractivity contribution in [2.75, 3.05) is 32.1 Å². The van der Waals surface area contributed by atoms with Crippen molar-refractivity contribution in [2.45, 2.75) is 26.2 Å². The number of carbonyl (C=O) groups excluding carboxylic acids is 4. The molecular formula is C18H23N3O6. The molecule has 1 aliphatic heterocycles. The molecule has 1 aromatic rings. The Morgan fingerprint density at radius 2 is 1.85 bits per heavy atom. The standard InChI is InChI=1S/C18H23N3O6/c1-3-27-17(24)13-6-4-7-14(12-13)19-18(25)21-11-5-10-20(21)15(22)8-9-16(23)26-2/h4,6-7,12H,3,5,8-11H2,1-2H3,(H,19,25). The molecule has 1 saturated heterocycles. The zero-order valence-electron chi connectivity index (χ0n) is 15.4. The maximum absolute atomic E-state index is 12.5. The summed E-state index contributed by atoms with van der Waals surface area (Å²) in [5, 5.41) is 5.30. The van der Waals surface area contributed by atoms with Gasteiger partial charge in [-0.1, -0.05) is 6.07 Å². The molecule has 1 heterocycles. The van der Waals surface area contributed by atoms with Gasteiger partial charge < -0.3 is 14.8 Å². The van der Waals surface area contributed by atoms with Crippen LogP contribution in [-0.2, 0) is 19.1 Å². The maximum atomic E-state index is 12.5. The van der Waals surface area contributed by atoms with E-state index in [1.165, 1.54) is 23.2 Å². The molecule has 9 nitrogen and oxygen atoms in total. The first-order valence-electron chi connectivity index (χ1n) is 8.69. The molecule has 27 heavy (non-hydrogen) atoms. The van der Waals surface area contributed by atoms with Gasteiger partial charge in [-0.3, -0.25) is 14.6 Å². The summed E-state index contributed by atoms with van der Waals surface area (Å²) in [6.07, 6.45) is 0.567. The van der Waals surface area contributed by atoms with E-state index in [4.69, 9.17) is 4.74 Å². The number of methoxy groups -OCH3 is 1. The largest absolute Gasteiger partial charge is 0.469 e. The van der Waals surface area contributed by atoms with E-state index in [1.54, 1.807) is 25.1 Å². The number of carbonyl (C=O) groups is 4. The SMILES string of the molecule is CCOC(=O)c1cccc(NC(=O)N2CCCN2C(=O)CCC(=O)OC)c1. The lowest BCUT2D eigenvalue weighted by Gasteiger charge is -2.28. The van der Waals surface area contributed by atoms with Crippen LogP contribution in [0.3, 0.4) is 0 Å². The normalized spacial score (nSPS) is 13.3. The highest BCUT2D eigenvalue weighted by Gasteiger charge is 2.30. The Bertz CT molecular complexity index is 721. The predicted octanol–water partition coefficient (Wildman–Crippen LogP) is 1.80. The van der Waals surface area contributed by atoms with E-state index in [0.29, 0.717) is 30.8 Å². The third kappa shape index (κ3) is 5.44. The van der Waals surface area contributed by atoms with E-state index in [9.17, 15) is 19.2 Å². The topological polar surface area (TPSA) is 105 Å². The van der Waals surface area contributed by atoms with Crippen LogP contribution in [0.2, 0.25) is 0 Å². The molecule has 0 spiro atoms. The minimum atomic E-state index is -0.486. The lowest BCUT2D eigenvalue weighted by atomic mass is 10.2. The third-order valence-electron chi connectivity index (χ3n) is 3.95. The number of hydrogen-bond acceptors (Lipinski definition) is 6. The lowest BCUT2D eigenvalue weighted by Crippen LogP contribution is -2.46. The molecule has 0 aliphatic carbocycles. The molecule has 9 heteroatoms. The van der Waals surface area contributed by atoms with Gasteiger partial charge in [-0.05, 0) is 31.5 Å². The summed E-state index contributed by atoms with van der Waals surface area (Å²) in [4.78, 5) is 47.8. The predicted molar refractivity (Wildman–Crippen MR) is 95.7 cm³/mol. The smallest absolute Gasteiger partial charge is 0.340 e. The number of esters is 2. The first-order valence-corrected chi connectivity index (χ1v) is 8.69. The van der Waals surface area contributed by atoms with E-state index in [-0.39, 0.29) is 25.4 Å². The summed E-state index contributed by atoms with van der Waals surface area (Å²) in [7, 11) is 1.26. The van der Waals surface area contributed by atoms with Crippen LogP contribution in [-0.4, -0.2) is 60.7 Å². The minimum Gasteiger partial charge on any atom is -0.469 e. The van der Waals surface area contributed by atoms with Crippen molar-refractivity contribution >= 4 is 29.6 Å². The summed E-state index contributed by atoms with van der Waals surface area (Å²) in [5.41, 5.74) is 0.737. The number of anilines is 1. The van der Waals surface area contributed by atoms with Crippen molar-refractivity contribution in [3.63, 3.8) is 0 Å².